The lowest BCUT2D eigenvalue weighted by Crippen LogP contribution is -2.44. The Labute approximate surface area is 91.8 Å². The number of rotatable bonds is 2. The monoisotopic (exact) mass is 227 g/mol. The minimum atomic E-state index is -0.528. The number of urea groups is 1. The predicted octanol–water partition coefficient (Wildman–Crippen LogP) is 1.08. The Morgan fingerprint density at radius 1 is 1.13 bits per heavy atom. The molecule has 0 bridgehead atoms. The highest BCUT2D eigenvalue weighted by molar-refractivity contribution is 6.27. The SMILES string of the molecule is O=C(CCl)NNC(=O)Nc1ccccc1. The normalized spacial score (nSPS) is 9.13. The predicted molar refractivity (Wildman–Crippen MR) is 57.5 cm³/mol. The van der Waals surface area contributed by atoms with Gasteiger partial charge >= 0.3 is 6.03 Å². The third-order valence-corrected chi connectivity index (χ3v) is 1.71. The fourth-order valence-electron chi connectivity index (χ4n) is 0.844. The number of nitrogens with one attached hydrogen (secondary N) is 3. The van der Waals surface area contributed by atoms with Gasteiger partial charge in [0.05, 0.1) is 0 Å². The Hall–Kier alpha value is -1.75. The van der Waals surface area contributed by atoms with Gasteiger partial charge in [-0.15, -0.1) is 11.6 Å². The lowest BCUT2D eigenvalue weighted by molar-refractivity contribution is -0.119. The zero-order chi connectivity index (χ0) is 11.1. The Morgan fingerprint density at radius 2 is 1.80 bits per heavy atom. The van der Waals surface area contributed by atoms with E-state index < -0.39 is 11.9 Å². The first-order chi connectivity index (χ1) is 7.22. The Morgan fingerprint density at radius 3 is 2.40 bits per heavy atom. The molecule has 0 saturated heterocycles. The Kier molecular flexibility index (Phi) is 4.43. The number of para-hydroxylation sites is 1. The number of amides is 3. The van der Waals surface area contributed by atoms with E-state index in [0.717, 1.165) is 0 Å². The van der Waals surface area contributed by atoms with Crippen LogP contribution in [0.15, 0.2) is 30.3 Å². The number of carbonyl (C=O) groups excluding carboxylic acids is 2. The van der Waals surface area contributed by atoms with Crippen LogP contribution in [-0.2, 0) is 4.79 Å². The van der Waals surface area contributed by atoms with Crippen molar-refractivity contribution in [3.63, 3.8) is 0 Å². The van der Waals surface area contributed by atoms with Crippen LogP contribution < -0.4 is 16.2 Å². The van der Waals surface area contributed by atoms with Crippen molar-refractivity contribution in [2.45, 2.75) is 0 Å². The highest BCUT2D eigenvalue weighted by atomic mass is 35.5. The zero-order valence-corrected chi connectivity index (χ0v) is 8.54. The molecular formula is C9H10ClN3O2. The number of hydrogen-bond acceptors (Lipinski definition) is 2. The van der Waals surface area contributed by atoms with Crippen LogP contribution in [0.4, 0.5) is 10.5 Å². The number of hydrogen-bond donors (Lipinski definition) is 3. The molecule has 1 aromatic rings. The van der Waals surface area contributed by atoms with Crippen molar-refractivity contribution in [3.05, 3.63) is 30.3 Å². The third kappa shape index (κ3) is 4.33. The number of halogens is 1. The second kappa shape index (κ2) is 5.87. The highest BCUT2D eigenvalue weighted by Gasteiger charge is 2.02. The average molecular weight is 228 g/mol. The Bertz CT molecular complexity index is 342. The summed E-state index contributed by atoms with van der Waals surface area (Å²) >= 11 is 5.21. The van der Waals surface area contributed by atoms with Gasteiger partial charge in [-0.05, 0) is 12.1 Å². The molecule has 0 aromatic heterocycles. The van der Waals surface area contributed by atoms with Crippen molar-refractivity contribution in [2.75, 3.05) is 11.2 Å². The maximum Gasteiger partial charge on any atom is 0.337 e. The molecule has 15 heavy (non-hydrogen) atoms. The van der Waals surface area contributed by atoms with Crippen LogP contribution in [0.1, 0.15) is 0 Å². The Balaban J connectivity index is 2.34. The molecule has 0 spiro atoms. The van der Waals surface area contributed by atoms with Crippen LogP contribution in [0.3, 0.4) is 0 Å². The molecule has 3 N–H and O–H groups in total. The molecule has 5 nitrogen and oxygen atoms in total. The van der Waals surface area contributed by atoms with E-state index in [9.17, 15) is 9.59 Å². The zero-order valence-electron chi connectivity index (χ0n) is 7.79. The van der Waals surface area contributed by atoms with Crippen LogP contribution in [0.25, 0.3) is 0 Å². The first-order valence-electron chi connectivity index (χ1n) is 4.19. The minimum Gasteiger partial charge on any atom is -0.307 e. The molecule has 0 heterocycles. The van der Waals surface area contributed by atoms with Crippen molar-refractivity contribution >= 4 is 29.2 Å². The number of anilines is 1. The summed E-state index contributed by atoms with van der Waals surface area (Å²) < 4.78 is 0. The third-order valence-electron chi connectivity index (χ3n) is 1.47. The molecule has 0 atom stereocenters. The first kappa shape index (κ1) is 11.3. The molecule has 3 amide bonds. The largest absolute Gasteiger partial charge is 0.337 e. The minimum absolute atomic E-state index is 0.203. The second-order valence-corrected chi connectivity index (χ2v) is 2.89. The van der Waals surface area contributed by atoms with Gasteiger partial charge in [0.15, 0.2) is 0 Å². The van der Waals surface area contributed by atoms with Gasteiger partial charge in [-0.3, -0.25) is 10.2 Å². The van der Waals surface area contributed by atoms with Gasteiger partial charge in [-0.1, -0.05) is 18.2 Å². The molecule has 80 valence electrons. The fourth-order valence-corrected chi connectivity index (χ4v) is 0.911. The molecule has 0 saturated carbocycles. The van der Waals surface area contributed by atoms with Gasteiger partial charge < -0.3 is 5.32 Å². The van der Waals surface area contributed by atoms with Crippen LogP contribution >= 0.6 is 11.6 Å². The van der Waals surface area contributed by atoms with Crippen LogP contribution in [0.2, 0.25) is 0 Å². The van der Waals surface area contributed by atoms with Gasteiger partial charge in [-0.25, -0.2) is 10.2 Å². The van der Waals surface area contributed by atoms with Crippen LogP contribution in [-0.4, -0.2) is 17.8 Å². The lowest BCUT2D eigenvalue weighted by atomic mass is 10.3. The molecule has 0 fully saturated rings. The number of carbonyl (C=O) groups is 2. The second-order valence-electron chi connectivity index (χ2n) is 2.63. The fraction of sp³-hybridized carbons (Fsp3) is 0.111. The van der Waals surface area contributed by atoms with Crippen LogP contribution in [0.5, 0.6) is 0 Å². The van der Waals surface area contributed by atoms with E-state index in [0.29, 0.717) is 5.69 Å². The summed E-state index contributed by atoms with van der Waals surface area (Å²) in [5.41, 5.74) is 4.90. The van der Waals surface area contributed by atoms with Gasteiger partial charge in [0, 0.05) is 5.69 Å². The van der Waals surface area contributed by atoms with E-state index in [-0.39, 0.29) is 5.88 Å². The van der Waals surface area contributed by atoms with Gasteiger partial charge in [0.25, 0.3) is 5.91 Å². The van der Waals surface area contributed by atoms with Crippen molar-refractivity contribution in [1.29, 1.82) is 0 Å². The summed E-state index contributed by atoms with van der Waals surface area (Å²) in [5, 5.41) is 2.51. The summed E-state index contributed by atoms with van der Waals surface area (Å²) in [6.45, 7) is 0. The van der Waals surface area contributed by atoms with Crippen molar-refractivity contribution < 1.29 is 9.59 Å². The highest BCUT2D eigenvalue weighted by Crippen LogP contribution is 2.03. The molecule has 0 radical (unpaired) electrons. The van der Waals surface area contributed by atoms with E-state index in [1.165, 1.54) is 0 Å². The average Bonchev–Trinajstić information content (AvgIpc) is 2.27. The molecule has 1 rings (SSSR count). The van der Waals surface area contributed by atoms with E-state index in [1.54, 1.807) is 24.3 Å². The summed E-state index contributed by atoms with van der Waals surface area (Å²) in [5.74, 6) is -0.675. The molecule has 0 unspecified atom stereocenters. The number of benzene rings is 1. The molecule has 1 aromatic carbocycles. The molecule has 6 heteroatoms. The molecule has 0 aliphatic rings. The topological polar surface area (TPSA) is 70.2 Å². The number of hydrazine groups is 1. The lowest BCUT2D eigenvalue weighted by Gasteiger charge is -2.07. The smallest absolute Gasteiger partial charge is 0.307 e. The maximum absolute atomic E-state index is 11.2. The van der Waals surface area contributed by atoms with E-state index in [2.05, 4.69) is 16.2 Å². The van der Waals surface area contributed by atoms with Crippen molar-refractivity contribution in [3.8, 4) is 0 Å². The van der Waals surface area contributed by atoms with Crippen molar-refractivity contribution in [2.24, 2.45) is 0 Å². The van der Waals surface area contributed by atoms with E-state index in [1.807, 2.05) is 6.07 Å². The van der Waals surface area contributed by atoms with E-state index in [4.69, 9.17) is 11.6 Å². The van der Waals surface area contributed by atoms with Gasteiger partial charge in [0.1, 0.15) is 5.88 Å². The summed E-state index contributed by atoms with van der Waals surface area (Å²) in [6.07, 6.45) is 0. The quantitative estimate of drug-likeness (QED) is 0.523. The molecule has 0 aliphatic carbocycles. The van der Waals surface area contributed by atoms with Gasteiger partial charge in [-0.2, -0.15) is 0 Å². The maximum atomic E-state index is 11.2. The molecular weight excluding hydrogens is 218 g/mol. The van der Waals surface area contributed by atoms with E-state index >= 15 is 0 Å². The van der Waals surface area contributed by atoms with Crippen LogP contribution in [0, 0.1) is 0 Å². The first-order valence-corrected chi connectivity index (χ1v) is 4.72. The summed E-state index contributed by atoms with van der Waals surface area (Å²) in [7, 11) is 0. The number of alkyl halides is 1. The van der Waals surface area contributed by atoms with Gasteiger partial charge in [0.2, 0.25) is 0 Å². The molecule has 0 aliphatic heterocycles. The summed E-state index contributed by atoms with van der Waals surface area (Å²) in [6, 6.07) is 8.32. The summed E-state index contributed by atoms with van der Waals surface area (Å²) in [4.78, 5) is 21.8. The standard InChI is InChI=1S/C9H10ClN3O2/c10-6-8(14)12-13-9(15)11-7-4-2-1-3-5-7/h1-5H,6H2,(H,12,14)(H2,11,13,15). The van der Waals surface area contributed by atoms with Crippen molar-refractivity contribution in [1.82, 2.24) is 10.9 Å².